The summed E-state index contributed by atoms with van der Waals surface area (Å²) in [4.78, 5) is 13.9. The number of para-hydroxylation sites is 1. The Morgan fingerprint density at radius 1 is 1.07 bits per heavy atom. The van der Waals surface area contributed by atoms with Gasteiger partial charge >= 0.3 is 0 Å². The monoisotopic (exact) mass is 383 g/mol. The van der Waals surface area contributed by atoms with E-state index in [1.54, 1.807) is 6.20 Å². The molecule has 1 unspecified atom stereocenters. The molecule has 0 amide bonds. The Balaban J connectivity index is 1.53. The fraction of sp³-hybridized carbons (Fsp3) is 0.238. The van der Waals surface area contributed by atoms with Crippen molar-refractivity contribution < 1.29 is 4.90 Å². The normalized spacial score (nSPS) is 11.9. The summed E-state index contributed by atoms with van der Waals surface area (Å²) < 4.78 is 1.31. The van der Waals surface area contributed by atoms with Gasteiger partial charge in [0.15, 0.2) is 0 Å². The first-order valence-electron chi connectivity index (χ1n) is 9.07. The van der Waals surface area contributed by atoms with Gasteiger partial charge in [-0.1, -0.05) is 60.1 Å². The predicted octanol–water partition coefficient (Wildman–Crippen LogP) is 2.40. The van der Waals surface area contributed by atoms with Crippen LogP contribution >= 0.6 is 11.6 Å². The van der Waals surface area contributed by atoms with Crippen molar-refractivity contribution in [2.24, 2.45) is 0 Å². The van der Waals surface area contributed by atoms with Gasteiger partial charge in [-0.05, 0) is 12.1 Å². The predicted molar refractivity (Wildman–Crippen MR) is 110 cm³/mol. The first kappa shape index (κ1) is 19.1. The quantitative estimate of drug-likeness (QED) is 0.587. The summed E-state index contributed by atoms with van der Waals surface area (Å²) in [5.41, 5.74) is 2.29. The molecular formula is C21H24ClN4O+. The molecule has 0 aliphatic rings. The molecule has 0 aliphatic carbocycles. The molecule has 0 spiro atoms. The molecule has 1 aromatic heterocycles. The van der Waals surface area contributed by atoms with Gasteiger partial charge in [-0.15, -0.1) is 0 Å². The number of anilines is 1. The molecule has 3 aromatic rings. The largest absolute Gasteiger partial charge is 0.382 e. The van der Waals surface area contributed by atoms with Gasteiger partial charge in [0.2, 0.25) is 0 Å². The summed E-state index contributed by atoms with van der Waals surface area (Å²) in [6, 6.07) is 19.7. The molecule has 1 heterocycles. The lowest BCUT2D eigenvalue weighted by molar-refractivity contribution is -0.893. The maximum atomic E-state index is 12.5. The van der Waals surface area contributed by atoms with E-state index in [0.29, 0.717) is 11.4 Å². The molecule has 27 heavy (non-hydrogen) atoms. The molecule has 2 N–H and O–H groups in total. The molecule has 6 heteroatoms. The molecule has 0 bridgehead atoms. The Labute approximate surface area is 164 Å². The lowest BCUT2D eigenvalue weighted by Crippen LogP contribution is -3.07. The smallest absolute Gasteiger partial charge is 0.292 e. The highest BCUT2D eigenvalue weighted by Gasteiger charge is 2.10. The fourth-order valence-corrected chi connectivity index (χ4v) is 3.15. The molecule has 3 rings (SSSR count). The Kier molecular flexibility index (Phi) is 6.63. The van der Waals surface area contributed by atoms with Crippen LogP contribution in [0, 0.1) is 0 Å². The number of nitrogens with one attached hydrogen (secondary N) is 2. The van der Waals surface area contributed by atoms with Gasteiger partial charge in [0, 0.05) is 18.5 Å². The van der Waals surface area contributed by atoms with E-state index >= 15 is 0 Å². The molecule has 0 saturated carbocycles. The van der Waals surface area contributed by atoms with E-state index in [0.717, 1.165) is 26.1 Å². The first-order chi connectivity index (χ1) is 13.1. The molecule has 0 fully saturated rings. The highest BCUT2D eigenvalue weighted by atomic mass is 35.5. The van der Waals surface area contributed by atoms with E-state index in [9.17, 15) is 4.79 Å². The van der Waals surface area contributed by atoms with Crippen LogP contribution in [0.2, 0.25) is 5.02 Å². The number of halogens is 1. The van der Waals surface area contributed by atoms with Gasteiger partial charge in [-0.2, -0.15) is 9.78 Å². The number of aromatic nitrogens is 2. The number of hydrogen-bond acceptors (Lipinski definition) is 3. The first-order valence-corrected chi connectivity index (χ1v) is 9.45. The van der Waals surface area contributed by atoms with Crippen LogP contribution in [0.4, 0.5) is 5.69 Å². The van der Waals surface area contributed by atoms with Gasteiger partial charge in [-0.3, -0.25) is 4.79 Å². The van der Waals surface area contributed by atoms with Crippen LogP contribution in [0.3, 0.4) is 0 Å². The van der Waals surface area contributed by atoms with Gasteiger partial charge in [-0.25, -0.2) is 0 Å². The van der Waals surface area contributed by atoms with Crippen LogP contribution in [0.25, 0.3) is 5.69 Å². The molecule has 140 valence electrons. The van der Waals surface area contributed by atoms with E-state index in [1.807, 2.05) is 36.4 Å². The van der Waals surface area contributed by atoms with Gasteiger partial charge in [0.25, 0.3) is 5.56 Å². The molecule has 0 saturated heterocycles. The van der Waals surface area contributed by atoms with E-state index in [-0.39, 0.29) is 10.6 Å². The number of rotatable bonds is 8. The summed E-state index contributed by atoms with van der Waals surface area (Å²) in [6.45, 7) is 2.76. The molecule has 0 aliphatic heterocycles. The minimum Gasteiger partial charge on any atom is -0.382 e. The molecule has 2 aromatic carbocycles. The van der Waals surface area contributed by atoms with Gasteiger partial charge in [0.05, 0.1) is 31.2 Å². The fourth-order valence-electron chi connectivity index (χ4n) is 2.96. The second-order valence-corrected chi connectivity index (χ2v) is 6.95. The van der Waals surface area contributed by atoms with Crippen molar-refractivity contribution in [1.29, 1.82) is 0 Å². The summed E-state index contributed by atoms with van der Waals surface area (Å²) in [5, 5.41) is 7.63. The summed E-state index contributed by atoms with van der Waals surface area (Å²) >= 11 is 6.26. The van der Waals surface area contributed by atoms with E-state index < -0.39 is 0 Å². The topological polar surface area (TPSA) is 51.4 Å². The van der Waals surface area contributed by atoms with Gasteiger partial charge < -0.3 is 10.2 Å². The van der Waals surface area contributed by atoms with Crippen molar-refractivity contribution in [3.63, 3.8) is 0 Å². The Morgan fingerprint density at radius 3 is 2.44 bits per heavy atom. The Hall–Kier alpha value is -2.63. The molecule has 0 radical (unpaired) electrons. The molecule has 5 nitrogen and oxygen atoms in total. The minimum atomic E-state index is -0.320. The van der Waals surface area contributed by atoms with Crippen LogP contribution in [-0.2, 0) is 6.54 Å². The van der Waals surface area contributed by atoms with Crippen LogP contribution in [0.15, 0.2) is 71.7 Å². The summed E-state index contributed by atoms with van der Waals surface area (Å²) in [5.74, 6) is 0. The zero-order chi connectivity index (χ0) is 19.1. The van der Waals surface area contributed by atoms with Crippen LogP contribution in [-0.4, -0.2) is 29.9 Å². The standard InChI is InChI=1S/C21H23ClN4O/c1-25(16-17-9-4-2-5-10-17)14-8-13-23-19-15-24-26(21(27)20(19)22)18-11-6-3-7-12-18/h2-7,9-12,15,23H,8,13-14,16H2,1H3/p+1. The maximum Gasteiger partial charge on any atom is 0.292 e. The number of quaternary nitrogens is 1. The number of hydrogen-bond donors (Lipinski definition) is 2. The average Bonchev–Trinajstić information content (AvgIpc) is 2.70. The van der Waals surface area contributed by atoms with Gasteiger partial charge in [0.1, 0.15) is 11.6 Å². The zero-order valence-electron chi connectivity index (χ0n) is 15.4. The third-order valence-electron chi connectivity index (χ3n) is 4.36. The third-order valence-corrected chi connectivity index (χ3v) is 4.73. The van der Waals surface area contributed by atoms with Crippen LogP contribution in [0.5, 0.6) is 0 Å². The summed E-state index contributed by atoms with van der Waals surface area (Å²) in [6.07, 6.45) is 2.58. The lowest BCUT2D eigenvalue weighted by atomic mass is 10.2. The van der Waals surface area contributed by atoms with Crippen LogP contribution < -0.4 is 15.8 Å². The van der Waals surface area contributed by atoms with E-state index in [1.165, 1.54) is 15.1 Å². The van der Waals surface area contributed by atoms with Crippen molar-refractivity contribution in [2.75, 3.05) is 25.5 Å². The lowest BCUT2D eigenvalue weighted by Gasteiger charge is -2.15. The number of nitrogens with zero attached hydrogens (tertiary/aromatic N) is 2. The zero-order valence-corrected chi connectivity index (χ0v) is 16.1. The van der Waals surface area contributed by atoms with Crippen molar-refractivity contribution in [1.82, 2.24) is 9.78 Å². The number of benzene rings is 2. The van der Waals surface area contributed by atoms with Crippen molar-refractivity contribution in [3.8, 4) is 5.69 Å². The van der Waals surface area contributed by atoms with Crippen LogP contribution in [0.1, 0.15) is 12.0 Å². The SMILES string of the molecule is C[NH+](CCCNc1cnn(-c2ccccc2)c(=O)c1Cl)Cc1ccccc1. The second-order valence-electron chi connectivity index (χ2n) is 6.57. The molecular weight excluding hydrogens is 360 g/mol. The minimum absolute atomic E-state index is 0.166. The highest BCUT2D eigenvalue weighted by molar-refractivity contribution is 6.32. The van der Waals surface area contributed by atoms with Crippen molar-refractivity contribution in [3.05, 3.63) is 87.8 Å². The van der Waals surface area contributed by atoms with E-state index in [4.69, 9.17) is 11.6 Å². The van der Waals surface area contributed by atoms with Crippen molar-refractivity contribution in [2.45, 2.75) is 13.0 Å². The molecule has 1 atom stereocenters. The Morgan fingerprint density at radius 2 is 1.74 bits per heavy atom. The maximum absolute atomic E-state index is 12.5. The summed E-state index contributed by atoms with van der Waals surface area (Å²) in [7, 11) is 2.18. The second kappa shape index (κ2) is 9.35. The average molecular weight is 384 g/mol. The van der Waals surface area contributed by atoms with Crippen molar-refractivity contribution >= 4 is 17.3 Å². The van der Waals surface area contributed by atoms with E-state index in [2.05, 4.69) is 41.7 Å². The highest BCUT2D eigenvalue weighted by Crippen LogP contribution is 2.16. The third kappa shape index (κ3) is 5.18. The Bertz CT molecular complexity index is 912.